The number of anilines is 1. The highest BCUT2D eigenvalue weighted by molar-refractivity contribution is 6.07. The second-order valence-electron chi connectivity index (χ2n) is 4.24. The van der Waals surface area contributed by atoms with Crippen molar-refractivity contribution in [1.82, 2.24) is 0 Å². The molecular weight excluding hydrogens is 270 g/mol. The van der Waals surface area contributed by atoms with Crippen molar-refractivity contribution in [2.75, 3.05) is 12.4 Å². The van der Waals surface area contributed by atoms with E-state index in [2.05, 4.69) is 5.32 Å². The van der Waals surface area contributed by atoms with Gasteiger partial charge >= 0.3 is 5.97 Å². The van der Waals surface area contributed by atoms with Crippen molar-refractivity contribution in [3.63, 3.8) is 0 Å². The van der Waals surface area contributed by atoms with Crippen LogP contribution in [0.3, 0.4) is 0 Å². The van der Waals surface area contributed by atoms with Gasteiger partial charge in [0.15, 0.2) is 0 Å². The van der Waals surface area contributed by atoms with E-state index in [9.17, 15) is 9.59 Å². The summed E-state index contributed by atoms with van der Waals surface area (Å²) in [6.07, 6.45) is 0. The maximum absolute atomic E-state index is 12.3. The first-order valence-corrected chi connectivity index (χ1v) is 6.33. The molecule has 21 heavy (non-hydrogen) atoms. The molecule has 2 aromatic carbocycles. The normalized spacial score (nSPS) is 9.81. The highest BCUT2D eigenvalue weighted by atomic mass is 16.5. The van der Waals surface area contributed by atoms with Gasteiger partial charge in [-0.25, -0.2) is 0 Å². The van der Waals surface area contributed by atoms with Crippen LogP contribution in [0.15, 0.2) is 48.5 Å². The third-order valence-corrected chi connectivity index (χ3v) is 2.74. The molecule has 0 aromatic heterocycles. The number of amides is 1. The number of nitrogens with one attached hydrogen (secondary N) is 1. The zero-order valence-electron chi connectivity index (χ0n) is 11.8. The first-order chi connectivity index (χ1) is 10.1. The SMILES string of the molecule is COc1ccccc1NC(=O)c1ccccc1OC(C)=O. The minimum atomic E-state index is -0.479. The van der Waals surface area contributed by atoms with Gasteiger partial charge in [-0.1, -0.05) is 24.3 Å². The first-order valence-electron chi connectivity index (χ1n) is 6.33. The van der Waals surface area contributed by atoms with Gasteiger partial charge in [-0.15, -0.1) is 0 Å². The summed E-state index contributed by atoms with van der Waals surface area (Å²) in [5.41, 5.74) is 0.821. The van der Waals surface area contributed by atoms with Crippen molar-refractivity contribution in [2.45, 2.75) is 6.92 Å². The van der Waals surface area contributed by atoms with E-state index in [-0.39, 0.29) is 17.2 Å². The summed E-state index contributed by atoms with van der Waals surface area (Å²) in [4.78, 5) is 23.4. The van der Waals surface area contributed by atoms with Crippen molar-refractivity contribution in [3.8, 4) is 11.5 Å². The number of rotatable bonds is 4. The summed E-state index contributed by atoms with van der Waals surface area (Å²) >= 11 is 0. The lowest BCUT2D eigenvalue weighted by Crippen LogP contribution is -2.15. The fraction of sp³-hybridized carbons (Fsp3) is 0.125. The first kappa shape index (κ1) is 14.6. The molecule has 0 fully saturated rings. The van der Waals surface area contributed by atoms with Crippen LogP contribution in [0.4, 0.5) is 5.69 Å². The standard InChI is InChI=1S/C16H15NO4/c1-11(18)21-14-9-5-3-7-12(14)16(19)17-13-8-4-6-10-15(13)20-2/h3-10H,1-2H3,(H,17,19). The Morgan fingerprint density at radius 3 is 2.24 bits per heavy atom. The molecule has 5 nitrogen and oxygen atoms in total. The molecule has 0 aliphatic rings. The summed E-state index contributed by atoms with van der Waals surface area (Å²) in [7, 11) is 1.53. The van der Waals surface area contributed by atoms with Gasteiger partial charge in [0.1, 0.15) is 11.5 Å². The third kappa shape index (κ3) is 3.60. The number of hydrogen-bond acceptors (Lipinski definition) is 4. The Morgan fingerprint density at radius 2 is 1.57 bits per heavy atom. The van der Waals surface area contributed by atoms with Gasteiger partial charge in [0.05, 0.1) is 18.4 Å². The molecule has 1 amide bonds. The van der Waals surface area contributed by atoms with Gasteiger partial charge in [0, 0.05) is 6.92 Å². The van der Waals surface area contributed by atoms with Crippen molar-refractivity contribution in [2.24, 2.45) is 0 Å². The molecule has 0 saturated carbocycles. The van der Waals surface area contributed by atoms with E-state index in [4.69, 9.17) is 9.47 Å². The molecule has 0 aliphatic carbocycles. The van der Waals surface area contributed by atoms with E-state index in [1.54, 1.807) is 48.5 Å². The van der Waals surface area contributed by atoms with E-state index in [0.717, 1.165) is 0 Å². The number of carbonyl (C=O) groups excluding carboxylic acids is 2. The van der Waals surface area contributed by atoms with E-state index in [0.29, 0.717) is 11.4 Å². The van der Waals surface area contributed by atoms with Gasteiger partial charge in [0.2, 0.25) is 0 Å². The van der Waals surface area contributed by atoms with Crippen molar-refractivity contribution < 1.29 is 19.1 Å². The minimum absolute atomic E-state index is 0.220. The average Bonchev–Trinajstić information content (AvgIpc) is 2.47. The molecule has 0 spiro atoms. The van der Waals surface area contributed by atoms with Gasteiger partial charge in [-0.3, -0.25) is 9.59 Å². The lowest BCUT2D eigenvalue weighted by molar-refractivity contribution is -0.131. The van der Waals surface area contributed by atoms with Gasteiger partial charge in [0.25, 0.3) is 5.91 Å². The Morgan fingerprint density at radius 1 is 0.952 bits per heavy atom. The highest BCUT2D eigenvalue weighted by Crippen LogP contribution is 2.25. The van der Waals surface area contributed by atoms with Crippen LogP contribution in [0.1, 0.15) is 17.3 Å². The highest BCUT2D eigenvalue weighted by Gasteiger charge is 2.15. The fourth-order valence-electron chi connectivity index (χ4n) is 1.84. The van der Waals surface area contributed by atoms with Crippen LogP contribution in [-0.4, -0.2) is 19.0 Å². The summed E-state index contributed by atoms with van der Waals surface area (Å²) in [5.74, 6) is -0.0860. The molecule has 0 unspecified atom stereocenters. The second-order valence-corrected chi connectivity index (χ2v) is 4.24. The zero-order chi connectivity index (χ0) is 15.2. The predicted molar refractivity (Wildman–Crippen MR) is 78.7 cm³/mol. The predicted octanol–water partition coefficient (Wildman–Crippen LogP) is 2.87. The number of methoxy groups -OCH3 is 1. The summed E-state index contributed by atoms with van der Waals surface area (Å²) in [6.45, 7) is 1.29. The van der Waals surface area contributed by atoms with E-state index < -0.39 is 5.97 Å². The largest absolute Gasteiger partial charge is 0.495 e. The number of esters is 1. The van der Waals surface area contributed by atoms with Crippen LogP contribution in [0.25, 0.3) is 0 Å². The fourth-order valence-corrected chi connectivity index (χ4v) is 1.84. The molecule has 5 heteroatoms. The molecule has 2 aromatic rings. The number of hydrogen-bond donors (Lipinski definition) is 1. The summed E-state index contributed by atoms with van der Waals surface area (Å²) < 4.78 is 10.2. The molecule has 1 N–H and O–H groups in total. The summed E-state index contributed by atoms with van der Waals surface area (Å²) in [5, 5.41) is 2.74. The summed E-state index contributed by atoms with van der Waals surface area (Å²) in [6, 6.07) is 13.6. The Bertz CT molecular complexity index is 667. The molecule has 108 valence electrons. The van der Waals surface area contributed by atoms with E-state index >= 15 is 0 Å². The number of para-hydroxylation sites is 3. The third-order valence-electron chi connectivity index (χ3n) is 2.74. The minimum Gasteiger partial charge on any atom is -0.495 e. The Kier molecular flexibility index (Phi) is 4.56. The number of benzene rings is 2. The van der Waals surface area contributed by atoms with Crippen LogP contribution in [0.2, 0.25) is 0 Å². The molecular formula is C16H15NO4. The Hall–Kier alpha value is -2.82. The van der Waals surface area contributed by atoms with E-state index in [1.165, 1.54) is 14.0 Å². The molecule has 0 bridgehead atoms. The molecule has 0 aliphatic heterocycles. The number of carbonyl (C=O) groups is 2. The van der Waals surface area contributed by atoms with Crippen molar-refractivity contribution >= 4 is 17.6 Å². The van der Waals surface area contributed by atoms with E-state index in [1.807, 2.05) is 0 Å². The monoisotopic (exact) mass is 285 g/mol. The van der Waals surface area contributed by atoms with Gasteiger partial charge in [-0.05, 0) is 24.3 Å². The lowest BCUT2D eigenvalue weighted by Gasteiger charge is -2.11. The Balaban J connectivity index is 2.26. The smallest absolute Gasteiger partial charge is 0.308 e. The van der Waals surface area contributed by atoms with Crippen molar-refractivity contribution in [1.29, 1.82) is 0 Å². The Labute approximate surface area is 122 Å². The maximum atomic E-state index is 12.3. The average molecular weight is 285 g/mol. The van der Waals surface area contributed by atoms with Crippen LogP contribution >= 0.6 is 0 Å². The molecule has 0 atom stereocenters. The van der Waals surface area contributed by atoms with Crippen LogP contribution in [0, 0.1) is 0 Å². The van der Waals surface area contributed by atoms with Crippen molar-refractivity contribution in [3.05, 3.63) is 54.1 Å². The van der Waals surface area contributed by atoms with Crippen LogP contribution in [0.5, 0.6) is 11.5 Å². The topological polar surface area (TPSA) is 64.6 Å². The second kappa shape index (κ2) is 6.56. The molecule has 2 rings (SSSR count). The van der Waals surface area contributed by atoms with Gasteiger partial charge in [-0.2, -0.15) is 0 Å². The van der Waals surface area contributed by atoms with Crippen LogP contribution in [-0.2, 0) is 4.79 Å². The molecule has 0 heterocycles. The molecule has 0 radical (unpaired) electrons. The lowest BCUT2D eigenvalue weighted by atomic mass is 10.2. The molecule has 0 saturated heterocycles. The number of ether oxygens (including phenoxy) is 2. The zero-order valence-corrected chi connectivity index (χ0v) is 11.8. The maximum Gasteiger partial charge on any atom is 0.308 e. The van der Waals surface area contributed by atoms with Gasteiger partial charge < -0.3 is 14.8 Å². The quantitative estimate of drug-likeness (QED) is 0.693. The van der Waals surface area contributed by atoms with Crippen LogP contribution < -0.4 is 14.8 Å².